The number of fused-ring (bicyclic) bond motifs is 4. The summed E-state index contributed by atoms with van der Waals surface area (Å²) in [6.07, 6.45) is 10.1. The molecule has 2 aliphatic rings. The minimum Gasteiger partial charge on any atom is -0.454 e. The number of nitrogens with zero attached hydrogens (tertiary/aromatic N) is 4. The first-order valence-electron chi connectivity index (χ1n) is 9.78. The first-order chi connectivity index (χ1) is 14.3. The van der Waals surface area contributed by atoms with Crippen molar-refractivity contribution in [2.24, 2.45) is 0 Å². The van der Waals surface area contributed by atoms with Gasteiger partial charge in [0.25, 0.3) is 0 Å². The molecule has 0 fully saturated rings. The highest BCUT2D eigenvalue weighted by atomic mass is 32.1. The zero-order chi connectivity index (χ0) is 19.2. The zero-order valence-corrected chi connectivity index (χ0v) is 16.5. The molecule has 0 spiro atoms. The fourth-order valence-electron chi connectivity index (χ4n) is 4.00. The summed E-state index contributed by atoms with van der Waals surface area (Å²) < 4.78 is 12.8. The number of hydrogen-bond acceptors (Lipinski definition) is 7. The highest BCUT2D eigenvalue weighted by Crippen LogP contribution is 2.39. The number of anilines is 1. The number of rotatable bonds is 4. The van der Waals surface area contributed by atoms with Crippen molar-refractivity contribution in [3.05, 3.63) is 52.9 Å². The molecule has 1 aliphatic carbocycles. The van der Waals surface area contributed by atoms with Gasteiger partial charge in [0.15, 0.2) is 11.5 Å². The Morgan fingerprint density at radius 3 is 2.97 bits per heavy atom. The monoisotopic (exact) mass is 405 g/mol. The molecule has 1 aliphatic heterocycles. The van der Waals surface area contributed by atoms with Crippen LogP contribution in [-0.2, 0) is 19.4 Å². The van der Waals surface area contributed by atoms with E-state index >= 15 is 0 Å². The fraction of sp³-hybridized carbons (Fsp3) is 0.286. The molecule has 146 valence electrons. The third kappa shape index (κ3) is 2.91. The molecular weight excluding hydrogens is 386 g/mol. The van der Waals surface area contributed by atoms with Crippen molar-refractivity contribution in [1.29, 1.82) is 0 Å². The molecule has 7 nitrogen and oxygen atoms in total. The number of thiophene rings is 1. The van der Waals surface area contributed by atoms with Gasteiger partial charge in [0.2, 0.25) is 12.7 Å². The van der Waals surface area contributed by atoms with Gasteiger partial charge in [-0.1, -0.05) is 6.07 Å². The van der Waals surface area contributed by atoms with Crippen LogP contribution in [0.4, 0.5) is 5.82 Å². The average Bonchev–Trinajstić information content (AvgIpc) is 3.50. The van der Waals surface area contributed by atoms with Crippen molar-refractivity contribution >= 4 is 27.4 Å². The molecule has 1 aromatic carbocycles. The van der Waals surface area contributed by atoms with Gasteiger partial charge in [-0.15, -0.1) is 11.3 Å². The van der Waals surface area contributed by atoms with Crippen molar-refractivity contribution in [2.75, 3.05) is 12.1 Å². The normalized spacial score (nSPS) is 14.9. The maximum Gasteiger partial charge on any atom is 0.238 e. The summed E-state index contributed by atoms with van der Waals surface area (Å²) >= 11 is 1.80. The average molecular weight is 405 g/mol. The Morgan fingerprint density at radius 1 is 1.10 bits per heavy atom. The first kappa shape index (κ1) is 16.8. The van der Waals surface area contributed by atoms with Gasteiger partial charge in [-0.05, 0) is 48.9 Å². The highest BCUT2D eigenvalue weighted by Gasteiger charge is 2.22. The van der Waals surface area contributed by atoms with Gasteiger partial charge in [0.05, 0.1) is 5.39 Å². The quantitative estimate of drug-likeness (QED) is 0.551. The zero-order valence-electron chi connectivity index (χ0n) is 15.7. The van der Waals surface area contributed by atoms with E-state index in [1.54, 1.807) is 23.9 Å². The number of ether oxygens (including phenoxy) is 2. The molecule has 4 aromatic rings. The highest BCUT2D eigenvalue weighted by molar-refractivity contribution is 7.19. The Hall–Kier alpha value is -3.13. The summed E-state index contributed by atoms with van der Waals surface area (Å²) in [5, 5.41) is 4.73. The van der Waals surface area contributed by atoms with Crippen LogP contribution in [-0.4, -0.2) is 26.3 Å². The van der Waals surface area contributed by atoms with E-state index in [-0.39, 0.29) is 6.79 Å². The molecule has 1 N–H and O–H groups in total. The Bertz CT molecular complexity index is 1200. The molecule has 4 heterocycles. The van der Waals surface area contributed by atoms with E-state index in [0.29, 0.717) is 12.5 Å². The van der Waals surface area contributed by atoms with Gasteiger partial charge in [-0.2, -0.15) is 4.98 Å². The molecule has 6 rings (SSSR count). The maximum absolute atomic E-state index is 5.51. The van der Waals surface area contributed by atoms with Gasteiger partial charge in [0, 0.05) is 23.8 Å². The van der Waals surface area contributed by atoms with Crippen LogP contribution < -0.4 is 14.8 Å². The van der Waals surface area contributed by atoms with Crippen molar-refractivity contribution in [3.63, 3.8) is 0 Å². The minimum absolute atomic E-state index is 0.286. The van der Waals surface area contributed by atoms with Gasteiger partial charge >= 0.3 is 0 Å². The molecular formula is C21H19N5O2S. The molecule has 3 aromatic heterocycles. The third-order valence-electron chi connectivity index (χ3n) is 5.44. The lowest BCUT2D eigenvalue weighted by Gasteiger charge is -2.13. The van der Waals surface area contributed by atoms with Crippen molar-refractivity contribution in [3.8, 4) is 17.4 Å². The topological polar surface area (TPSA) is 74.1 Å². The Labute approximate surface area is 171 Å². The Kier molecular flexibility index (Phi) is 3.90. The summed E-state index contributed by atoms with van der Waals surface area (Å²) in [6.45, 7) is 0.935. The predicted molar refractivity (Wildman–Crippen MR) is 111 cm³/mol. The van der Waals surface area contributed by atoms with Crippen LogP contribution in [0.1, 0.15) is 28.8 Å². The lowest BCUT2D eigenvalue weighted by Crippen LogP contribution is -2.07. The summed E-state index contributed by atoms with van der Waals surface area (Å²) in [6, 6.07) is 6.03. The summed E-state index contributed by atoms with van der Waals surface area (Å²) in [4.78, 5) is 16.3. The number of nitrogens with one attached hydrogen (secondary N) is 1. The van der Waals surface area contributed by atoms with Crippen LogP contribution in [0.15, 0.2) is 36.9 Å². The van der Waals surface area contributed by atoms with Crippen LogP contribution >= 0.6 is 11.3 Å². The molecule has 0 saturated heterocycles. The first-order valence-corrected chi connectivity index (χ1v) is 10.6. The Balaban J connectivity index is 1.41. The van der Waals surface area contributed by atoms with Crippen molar-refractivity contribution < 1.29 is 9.47 Å². The van der Waals surface area contributed by atoms with Crippen LogP contribution in [0.5, 0.6) is 11.5 Å². The van der Waals surface area contributed by atoms with Crippen LogP contribution in [0, 0.1) is 0 Å². The number of aromatic nitrogens is 4. The standard InChI is InChI=1S/C21H19N5O2S/c1-2-4-17-14(3-1)18-19(23-10-13-5-6-15-16(9-13)28-12-27-15)24-21(25-20(18)29-17)26-8-7-22-11-26/h5-9,11H,1-4,10,12H2,(H,23,24,25). The van der Waals surface area contributed by atoms with Crippen LogP contribution in [0.25, 0.3) is 16.2 Å². The Morgan fingerprint density at radius 2 is 2.03 bits per heavy atom. The van der Waals surface area contributed by atoms with Crippen LogP contribution in [0.3, 0.4) is 0 Å². The molecule has 8 heteroatoms. The number of aryl methyl sites for hydroxylation is 2. The second-order valence-corrected chi connectivity index (χ2v) is 8.36. The summed E-state index contributed by atoms with van der Waals surface area (Å²) in [5.41, 5.74) is 2.54. The molecule has 0 unspecified atom stereocenters. The molecule has 0 radical (unpaired) electrons. The SMILES string of the molecule is c1cn(-c2nc(NCc3ccc4c(c3)OCO4)c3c4c(sc3n2)CCCC4)cn1. The molecule has 0 bridgehead atoms. The largest absolute Gasteiger partial charge is 0.454 e. The second kappa shape index (κ2) is 6.73. The summed E-state index contributed by atoms with van der Waals surface area (Å²) in [5.74, 6) is 3.12. The van der Waals surface area contributed by atoms with E-state index in [1.165, 1.54) is 28.7 Å². The van der Waals surface area contributed by atoms with E-state index in [0.717, 1.165) is 40.6 Å². The summed E-state index contributed by atoms with van der Waals surface area (Å²) in [7, 11) is 0. The smallest absolute Gasteiger partial charge is 0.238 e. The number of hydrogen-bond donors (Lipinski definition) is 1. The van der Waals surface area contributed by atoms with Gasteiger partial charge in [-0.25, -0.2) is 9.97 Å². The molecule has 0 atom stereocenters. The van der Waals surface area contributed by atoms with Crippen LogP contribution in [0.2, 0.25) is 0 Å². The van der Waals surface area contributed by atoms with E-state index in [1.807, 2.05) is 22.9 Å². The predicted octanol–water partition coefficient (Wildman–Crippen LogP) is 4.10. The van der Waals surface area contributed by atoms with E-state index in [2.05, 4.69) is 16.4 Å². The fourth-order valence-corrected chi connectivity index (χ4v) is 5.26. The van der Waals surface area contributed by atoms with E-state index in [4.69, 9.17) is 19.4 Å². The minimum atomic E-state index is 0.286. The number of benzene rings is 1. The second-order valence-electron chi connectivity index (χ2n) is 7.27. The third-order valence-corrected chi connectivity index (χ3v) is 6.62. The van der Waals surface area contributed by atoms with Crippen molar-refractivity contribution in [1.82, 2.24) is 19.5 Å². The van der Waals surface area contributed by atoms with Gasteiger partial charge in [0.1, 0.15) is 17.0 Å². The lowest BCUT2D eigenvalue weighted by molar-refractivity contribution is 0.174. The maximum atomic E-state index is 5.51. The van der Waals surface area contributed by atoms with E-state index in [9.17, 15) is 0 Å². The molecule has 29 heavy (non-hydrogen) atoms. The molecule has 0 saturated carbocycles. The van der Waals surface area contributed by atoms with E-state index < -0.39 is 0 Å². The number of imidazole rings is 1. The van der Waals surface area contributed by atoms with Crippen molar-refractivity contribution in [2.45, 2.75) is 32.2 Å². The molecule has 0 amide bonds. The van der Waals surface area contributed by atoms with Gasteiger partial charge < -0.3 is 14.8 Å². The van der Waals surface area contributed by atoms with Gasteiger partial charge in [-0.3, -0.25) is 4.57 Å². The lowest BCUT2D eigenvalue weighted by atomic mass is 9.97.